The van der Waals surface area contributed by atoms with Gasteiger partial charge in [-0.3, -0.25) is 0 Å². The minimum absolute atomic E-state index is 0.0187. The number of nitrogens with zero attached hydrogens (tertiary/aromatic N) is 3. The zero-order valence-electron chi connectivity index (χ0n) is 14.8. The second kappa shape index (κ2) is 8.10. The van der Waals surface area contributed by atoms with E-state index in [0.29, 0.717) is 12.4 Å². The fourth-order valence-electron chi connectivity index (χ4n) is 2.33. The first kappa shape index (κ1) is 18.2. The minimum Gasteiger partial charge on any atom is -0.481 e. The van der Waals surface area contributed by atoms with Gasteiger partial charge in [0.25, 0.3) is 0 Å². The molecule has 2 heterocycles. The smallest absolute Gasteiger partial charge is 0.317 e. The third-order valence-corrected chi connectivity index (χ3v) is 5.38. The van der Waals surface area contributed by atoms with Gasteiger partial charge in [0.05, 0.1) is 23.9 Å². The van der Waals surface area contributed by atoms with Crippen LogP contribution < -0.4 is 10.1 Å². The van der Waals surface area contributed by atoms with Gasteiger partial charge in [-0.1, -0.05) is 6.92 Å². The molecule has 0 aliphatic heterocycles. The van der Waals surface area contributed by atoms with Gasteiger partial charge in [0, 0.05) is 30.7 Å². The number of amides is 2. The molecule has 130 valence electrons. The average Bonchev–Trinajstić information content (AvgIpc) is 2.99. The maximum absolute atomic E-state index is 12.4. The molecule has 7 heteroatoms. The first-order valence-corrected chi connectivity index (χ1v) is 8.73. The van der Waals surface area contributed by atoms with Gasteiger partial charge in [-0.05, 0) is 31.9 Å². The largest absolute Gasteiger partial charge is 0.481 e. The van der Waals surface area contributed by atoms with E-state index in [4.69, 9.17) is 4.74 Å². The Morgan fingerprint density at radius 2 is 2.25 bits per heavy atom. The number of thiazole rings is 1. The van der Waals surface area contributed by atoms with Crippen LogP contribution in [0.25, 0.3) is 0 Å². The molecule has 24 heavy (non-hydrogen) atoms. The van der Waals surface area contributed by atoms with Crippen LogP contribution in [0.15, 0.2) is 18.3 Å². The topological polar surface area (TPSA) is 67.4 Å². The van der Waals surface area contributed by atoms with Crippen LogP contribution in [0.3, 0.4) is 0 Å². The number of ether oxygens (including phenoxy) is 1. The second-order valence-corrected chi connectivity index (χ2v) is 6.68. The Bertz CT molecular complexity index is 702. The normalized spacial score (nSPS) is 11.9. The predicted molar refractivity (Wildman–Crippen MR) is 95.4 cm³/mol. The summed E-state index contributed by atoms with van der Waals surface area (Å²) in [6.45, 7) is 6.54. The lowest BCUT2D eigenvalue weighted by atomic mass is 10.2. The van der Waals surface area contributed by atoms with E-state index in [0.717, 1.165) is 27.6 Å². The first-order chi connectivity index (χ1) is 11.5. The summed E-state index contributed by atoms with van der Waals surface area (Å²) in [5.74, 6) is 0.538. The molecule has 2 aromatic rings. The first-order valence-electron chi connectivity index (χ1n) is 7.92. The predicted octanol–water partition coefficient (Wildman–Crippen LogP) is 3.32. The van der Waals surface area contributed by atoms with Crippen LogP contribution in [0.1, 0.15) is 41.0 Å². The number of nitrogens with one attached hydrogen (secondary N) is 1. The van der Waals surface area contributed by atoms with Crippen LogP contribution in [-0.4, -0.2) is 35.1 Å². The quantitative estimate of drug-likeness (QED) is 0.869. The number of rotatable bonds is 6. The average molecular weight is 348 g/mol. The second-order valence-electron chi connectivity index (χ2n) is 5.56. The molecule has 0 spiro atoms. The third-order valence-electron chi connectivity index (χ3n) is 3.91. The minimum atomic E-state index is -0.121. The molecule has 2 aromatic heterocycles. The van der Waals surface area contributed by atoms with Crippen molar-refractivity contribution < 1.29 is 9.53 Å². The summed E-state index contributed by atoms with van der Waals surface area (Å²) in [6.07, 6.45) is 2.58. The molecule has 0 aliphatic rings. The molecule has 2 rings (SSSR count). The van der Waals surface area contributed by atoms with E-state index in [-0.39, 0.29) is 12.1 Å². The monoisotopic (exact) mass is 348 g/mol. The van der Waals surface area contributed by atoms with Crippen LogP contribution >= 0.6 is 11.3 Å². The van der Waals surface area contributed by atoms with Crippen LogP contribution in [0.2, 0.25) is 0 Å². The van der Waals surface area contributed by atoms with Crippen molar-refractivity contribution in [3.8, 4) is 5.88 Å². The van der Waals surface area contributed by atoms with Crippen molar-refractivity contribution in [1.82, 2.24) is 20.2 Å². The number of methoxy groups -OCH3 is 1. The SMILES string of the molecule is CCc1nc(C)c([C@@H](C)N(C)C(=O)NCc2ccnc(OC)c2)s1. The van der Waals surface area contributed by atoms with Gasteiger partial charge in [-0.25, -0.2) is 14.8 Å². The maximum Gasteiger partial charge on any atom is 0.317 e. The van der Waals surface area contributed by atoms with E-state index < -0.39 is 0 Å². The number of hydrogen-bond acceptors (Lipinski definition) is 5. The highest BCUT2D eigenvalue weighted by Gasteiger charge is 2.21. The van der Waals surface area contributed by atoms with E-state index in [9.17, 15) is 4.79 Å². The molecule has 0 saturated heterocycles. The third kappa shape index (κ3) is 4.23. The summed E-state index contributed by atoms with van der Waals surface area (Å²) in [4.78, 5) is 23.9. The number of hydrogen-bond donors (Lipinski definition) is 1. The molecular weight excluding hydrogens is 324 g/mol. The number of aromatic nitrogens is 2. The number of carbonyl (C=O) groups excluding carboxylic acids is 1. The summed E-state index contributed by atoms with van der Waals surface area (Å²) in [6, 6.07) is 3.52. The number of pyridine rings is 1. The van der Waals surface area contributed by atoms with E-state index >= 15 is 0 Å². The van der Waals surface area contributed by atoms with Gasteiger partial charge in [-0.2, -0.15) is 0 Å². The molecule has 2 amide bonds. The van der Waals surface area contributed by atoms with Gasteiger partial charge in [-0.15, -0.1) is 11.3 Å². The Morgan fingerprint density at radius 1 is 1.50 bits per heavy atom. The molecule has 6 nitrogen and oxygen atoms in total. The summed E-state index contributed by atoms with van der Waals surface area (Å²) in [5, 5.41) is 4.03. The molecule has 0 radical (unpaired) electrons. The lowest BCUT2D eigenvalue weighted by Crippen LogP contribution is -2.38. The summed E-state index contributed by atoms with van der Waals surface area (Å²) in [7, 11) is 3.38. The van der Waals surface area contributed by atoms with E-state index in [1.165, 1.54) is 0 Å². The van der Waals surface area contributed by atoms with Crippen LogP contribution in [0.4, 0.5) is 4.79 Å². The summed E-state index contributed by atoms with van der Waals surface area (Å²) >= 11 is 1.68. The zero-order valence-corrected chi connectivity index (χ0v) is 15.6. The van der Waals surface area contributed by atoms with E-state index in [1.807, 2.05) is 26.0 Å². The molecular formula is C17H24N4O2S. The molecule has 0 fully saturated rings. The van der Waals surface area contributed by atoms with Crippen molar-refractivity contribution >= 4 is 17.4 Å². The number of carbonyl (C=O) groups is 1. The maximum atomic E-state index is 12.4. The molecule has 0 unspecified atom stereocenters. The fourth-order valence-corrected chi connectivity index (χ4v) is 3.43. The highest BCUT2D eigenvalue weighted by molar-refractivity contribution is 7.11. The molecule has 0 saturated carbocycles. The van der Waals surface area contributed by atoms with Crippen molar-refractivity contribution in [3.05, 3.63) is 39.5 Å². The number of aryl methyl sites for hydroxylation is 2. The van der Waals surface area contributed by atoms with Gasteiger partial charge < -0.3 is 15.0 Å². The van der Waals surface area contributed by atoms with Crippen molar-refractivity contribution in [3.63, 3.8) is 0 Å². The van der Waals surface area contributed by atoms with Crippen molar-refractivity contribution in [1.29, 1.82) is 0 Å². The van der Waals surface area contributed by atoms with Gasteiger partial charge in [0.1, 0.15) is 0 Å². The highest BCUT2D eigenvalue weighted by atomic mass is 32.1. The lowest BCUT2D eigenvalue weighted by Gasteiger charge is -2.24. The zero-order chi connectivity index (χ0) is 17.7. The Balaban J connectivity index is 1.99. The van der Waals surface area contributed by atoms with Gasteiger partial charge in [0.2, 0.25) is 5.88 Å². The van der Waals surface area contributed by atoms with Crippen molar-refractivity contribution in [2.75, 3.05) is 14.2 Å². The summed E-state index contributed by atoms with van der Waals surface area (Å²) < 4.78 is 5.09. The van der Waals surface area contributed by atoms with E-state index in [2.05, 4.69) is 22.2 Å². The Labute approximate surface area is 146 Å². The van der Waals surface area contributed by atoms with Crippen LogP contribution in [0, 0.1) is 6.92 Å². The van der Waals surface area contributed by atoms with Gasteiger partial charge >= 0.3 is 6.03 Å². The Morgan fingerprint density at radius 3 is 2.88 bits per heavy atom. The lowest BCUT2D eigenvalue weighted by molar-refractivity contribution is 0.194. The van der Waals surface area contributed by atoms with Crippen molar-refractivity contribution in [2.24, 2.45) is 0 Å². The Kier molecular flexibility index (Phi) is 6.14. The molecule has 0 aliphatic carbocycles. The molecule has 1 N–H and O–H groups in total. The molecule has 1 atom stereocenters. The van der Waals surface area contributed by atoms with Crippen molar-refractivity contribution in [2.45, 2.75) is 39.8 Å². The molecule has 0 aromatic carbocycles. The van der Waals surface area contributed by atoms with Gasteiger partial charge in [0.15, 0.2) is 0 Å². The van der Waals surface area contributed by atoms with Crippen LogP contribution in [0.5, 0.6) is 5.88 Å². The standard InChI is InChI=1S/C17H24N4O2S/c1-6-15-20-11(2)16(24-15)12(3)21(4)17(22)19-10-13-7-8-18-14(9-13)23-5/h7-9,12H,6,10H2,1-5H3,(H,19,22)/t12-/m1/s1. The Hall–Kier alpha value is -2.15. The summed E-state index contributed by atoms with van der Waals surface area (Å²) in [5.41, 5.74) is 1.95. The number of urea groups is 1. The van der Waals surface area contributed by atoms with Crippen LogP contribution in [-0.2, 0) is 13.0 Å². The highest BCUT2D eigenvalue weighted by Crippen LogP contribution is 2.28. The fraction of sp³-hybridized carbons (Fsp3) is 0.471. The van der Waals surface area contributed by atoms with E-state index in [1.54, 1.807) is 36.6 Å². The molecule has 0 bridgehead atoms.